The Balaban J connectivity index is 1.49. The predicted octanol–water partition coefficient (Wildman–Crippen LogP) is 5.21. The summed E-state index contributed by atoms with van der Waals surface area (Å²) < 4.78 is 5.89. The molecule has 3 aromatic carbocycles. The van der Waals surface area contributed by atoms with Crippen molar-refractivity contribution in [1.82, 2.24) is 25.5 Å². The first-order valence-electron chi connectivity index (χ1n) is 11.6. The van der Waals surface area contributed by atoms with Crippen molar-refractivity contribution in [2.75, 3.05) is 11.9 Å². The largest absolute Gasteiger partial charge is 0.483 e. The van der Waals surface area contributed by atoms with Crippen LogP contribution in [0.2, 0.25) is 0 Å². The summed E-state index contributed by atoms with van der Waals surface area (Å²) in [6.45, 7) is 3.91. The van der Waals surface area contributed by atoms with Gasteiger partial charge in [0.05, 0.1) is 22.8 Å². The van der Waals surface area contributed by atoms with Crippen molar-refractivity contribution in [3.8, 4) is 17.1 Å². The zero-order valence-corrected chi connectivity index (χ0v) is 19.6. The lowest BCUT2D eigenvalue weighted by Gasteiger charge is -2.15. The number of nitrogens with one attached hydrogen (secondary N) is 3. The normalized spacial score (nSPS) is 11.9. The molecule has 0 radical (unpaired) electrons. The fourth-order valence-electron chi connectivity index (χ4n) is 3.79. The average Bonchev–Trinajstić information content (AvgIpc) is 3.35. The molecule has 0 fully saturated rings. The van der Waals surface area contributed by atoms with E-state index in [0.29, 0.717) is 23.0 Å². The molecule has 1 atom stereocenters. The highest BCUT2D eigenvalue weighted by molar-refractivity contribution is 5.93. The lowest BCUT2D eigenvalue weighted by molar-refractivity contribution is -0.123. The number of aromatic amines is 1. The Kier molecular flexibility index (Phi) is 6.26. The maximum atomic E-state index is 12.3. The molecule has 0 aliphatic heterocycles. The molecule has 176 valence electrons. The quantitative estimate of drug-likeness (QED) is 0.290. The minimum Gasteiger partial charge on any atom is -0.483 e. The minimum atomic E-state index is -0.162. The number of amides is 1. The number of fused-ring (bicyclic) bond motifs is 2. The lowest BCUT2D eigenvalue weighted by Crippen LogP contribution is -2.35. The molecule has 0 saturated carbocycles. The Labute approximate surface area is 202 Å². The molecule has 5 aromatic rings. The number of para-hydroxylation sites is 2. The zero-order valence-electron chi connectivity index (χ0n) is 19.6. The molecule has 35 heavy (non-hydrogen) atoms. The predicted molar refractivity (Wildman–Crippen MR) is 138 cm³/mol. The van der Waals surface area contributed by atoms with Crippen LogP contribution in [0.25, 0.3) is 33.2 Å². The van der Waals surface area contributed by atoms with Crippen molar-refractivity contribution < 1.29 is 9.53 Å². The van der Waals surface area contributed by atoms with Gasteiger partial charge in [-0.2, -0.15) is 5.10 Å². The van der Waals surface area contributed by atoms with E-state index in [1.165, 1.54) is 0 Å². The van der Waals surface area contributed by atoms with Gasteiger partial charge in [-0.3, -0.25) is 9.89 Å². The number of ether oxygens (including phenoxy) is 1. The average molecular weight is 467 g/mol. The van der Waals surface area contributed by atoms with Gasteiger partial charge in [0, 0.05) is 22.5 Å². The highest BCUT2D eigenvalue weighted by atomic mass is 16.5. The number of H-pyrrole nitrogens is 1. The van der Waals surface area contributed by atoms with Crippen LogP contribution < -0.4 is 15.4 Å². The zero-order chi connectivity index (χ0) is 24.2. The molecule has 2 heterocycles. The van der Waals surface area contributed by atoms with Gasteiger partial charge in [-0.1, -0.05) is 31.2 Å². The summed E-state index contributed by atoms with van der Waals surface area (Å²) in [7, 11) is 0. The van der Waals surface area contributed by atoms with Gasteiger partial charge in [-0.15, -0.1) is 0 Å². The fourth-order valence-corrected chi connectivity index (χ4v) is 3.79. The first-order chi connectivity index (χ1) is 17.1. The van der Waals surface area contributed by atoms with Crippen LogP contribution in [0, 0.1) is 0 Å². The number of rotatable bonds is 8. The molecule has 0 spiro atoms. The summed E-state index contributed by atoms with van der Waals surface area (Å²) in [5.74, 6) is 1.57. The highest BCUT2D eigenvalue weighted by Gasteiger charge is 2.15. The molecule has 2 aromatic heterocycles. The third-order valence-corrected chi connectivity index (χ3v) is 5.81. The second-order valence-corrected chi connectivity index (χ2v) is 8.37. The first-order valence-corrected chi connectivity index (χ1v) is 11.6. The fraction of sp³-hybridized carbons (Fsp3) is 0.185. The molecule has 3 N–H and O–H groups in total. The topological polar surface area (TPSA) is 105 Å². The van der Waals surface area contributed by atoms with Crippen LogP contribution in [0.1, 0.15) is 20.3 Å². The van der Waals surface area contributed by atoms with Crippen molar-refractivity contribution in [3.63, 3.8) is 0 Å². The van der Waals surface area contributed by atoms with E-state index in [2.05, 4.69) is 20.8 Å². The van der Waals surface area contributed by atoms with Crippen molar-refractivity contribution >= 4 is 39.2 Å². The molecule has 0 aliphatic carbocycles. The lowest BCUT2D eigenvalue weighted by atomic mass is 10.1. The molecule has 8 heteroatoms. The van der Waals surface area contributed by atoms with Crippen LogP contribution in [-0.4, -0.2) is 38.7 Å². The van der Waals surface area contributed by atoms with Gasteiger partial charge in [0.1, 0.15) is 11.6 Å². The van der Waals surface area contributed by atoms with Crippen LogP contribution in [0.3, 0.4) is 0 Å². The van der Waals surface area contributed by atoms with E-state index in [4.69, 9.17) is 14.7 Å². The molecule has 0 aliphatic rings. The van der Waals surface area contributed by atoms with Crippen LogP contribution in [-0.2, 0) is 4.79 Å². The molecular weight excluding hydrogens is 440 g/mol. The standard InChI is InChI=1S/C27H26N6O2/c1-3-17(2)29-25(34)16-35-24-11-7-5-9-21(24)27-31-23-10-6-4-8-20(23)26(32-27)30-19-12-13-22-18(14-19)15-28-33-22/h4-15,17H,3,16H2,1-2H3,(H,28,33)(H,29,34)(H,30,31,32). The van der Waals surface area contributed by atoms with Gasteiger partial charge >= 0.3 is 0 Å². The van der Waals surface area contributed by atoms with Gasteiger partial charge < -0.3 is 15.4 Å². The summed E-state index contributed by atoms with van der Waals surface area (Å²) in [4.78, 5) is 21.9. The maximum absolute atomic E-state index is 12.3. The van der Waals surface area contributed by atoms with Gasteiger partial charge in [0.25, 0.3) is 5.91 Å². The van der Waals surface area contributed by atoms with Crippen molar-refractivity contribution in [2.45, 2.75) is 26.3 Å². The number of aromatic nitrogens is 4. The smallest absolute Gasteiger partial charge is 0.258 e. The highest BCUT2D eigenvalue weighted by Crippen LogP contribution is 2.32. The second-order valence-electron chi connectivity index (χ2n) is 8.37. The van der Waals surface area contributed by atoms with E-state index in [1.807, 2.05) is 80.6 Å². The van der Waals surface area contributed by atoms with Crippen molar-refractivity contribution in [3.05, 3.63) is 72.9 Å². The second kappa shape index (κ2) is 9.80. The minimum absolute atomic E-state index is 0.0786. The molecule has 0 saturated heterocycles. The Morgan fingerprint density at radius 2 is 1.89 bits per heavy atom. The number of hydrogen-bond donors (Lipinski definition) is 3. The van der Waals surface area contributed by atoms with E-state index in [0.717, 1.165) is 33.9 Å². The number of hydrogen-bond acceptors (Lipinski definition) is 6. The Morgan fingerprint density at radius 1 is 1.06 bits per heavy atom. The number of carbonyl (C=O) groups excluding carboxylic acids is 1. The Bertz CT molecular complexity index is 1500. The summed E-state index contributed by atoms with van der Waals surface area (Å²) in [6.07, 6.45) is 2.64. The SMILES string of the molecule is CCC(C)NC(=O)COc1ccccc1-c1nc(Nc2ccc3[nH]ncc3c2)c2ccccc2n1. The van der Waals surface area contributed by atoms with Gasteiger partial charge in [0.15, 0.2) is 12.4 Å². The van der Waals surface area contributed by atoms with Gasteiger partial charge in [-0.25, -0.2) is 9.97 Å². The monoisotopic (exact) mass is 466 g/mol. The molecule has 8 nitrogen and oxygen atoms in total. The van der Waals surface area contributed by atoms with Crippen LogP contribution in [0.5, 0.6) is 5.75 Å². The Morgan fingerprint density at radius 3 is 2.77 bits per heavy atom. The molecule has 0 bridgehead atoms. The molecule has 1 unspecified atom stereocenters. The van der Waals surface area contributed by atoms with Crippen LogP contribution in [0.15, 0.2) is 72.9 Å². The molecular formula is C27H26N6O2. The molecule has 1 amide bonds. The number of anilines is 2. The Hall–Kier alpha value is -4.46. The number of carbonyl (C=O) groups is 1. The summed E-state index contributed by atoms with van der Waals surface area (Å²) in [5, 5.41) is 15.3. The molecule has 5 rings (SSSR count). The van der Waals surface area contributed by atoms with E-state index in [9.17, 15) is 4.79 Å². The van der Waals surface area contributed by atoms with Crippen LogP contribution in [0.4, 0.5) is 11.5 Å². The third kappa shape index (κ3) is 4.91. The van der Waals surface area contributed by atoms with Gasteiger partial charge in [0.2, 0.25) is 0 Å². The number of nitrogens with zero attached hydrogens (tertiary/aromatic N) is 3. The summed E-state index contributed by atoms with van der Waals surface area (Å²) in [5.41, 5.74) is 3.36. The van der Waals surface area contributed by atoms with E-state index < -0.39 is 0 Å². The van der Waals surface area contributed by atoms with Gasteiger partial charge in [-0.05, 0) is 55.8 Å². The van der Waals surface area contributed by atoms with E-state index >= 15 is 0 Å². The first kappa shape index (κ1) is 22.3. The van der Waals surface area contributed by atoms with E-state index in [-0.39, 0.29) is 18.6 Å². The van der Waals surface area contributed by atoms with Crippen molar-refractivity contribution in [1.29, 1.82) is 0 Å². The number of benzene rings is 3. The van der Waals surface area contributed by atoms with E-state index in [1.54, 1.807) is 6.20 Å². The maximum Gasteiger partial charge on any atom is 0.258 e. The van der Waals surface area contributed by atoms with Crippen molar-refractivity contribution in [2.24, 2.45) is 0 Å². The van der Waals surface area contributed by atoms with Crippen LogP contribution >= 0.6 is 0 Å². The summed E-state index contributed by atoms with van der Waals surface area (Å²) in [6, 6.07) is 21.4. The summed E-state index contributed by atoms with van der Waals surface area (Å²) >= 11 is 0. The third-order valence-electron chi connectivity index (χ3n) is 5.81.